The number of carbonyl (C=O) groups excluding carboxylic acids is 2. The van der Waals surface area contributed by atoms with Crippen LogP contribution in [0.3, 0.4) is 0 Å². The van der Waals surface area contributed by atoms with Gasteiger partial charge in [0.15, 0.2) is 0 Å². The number of anilines is 1. The molecular weight excluding hydrogens is 408 g/mol. The Hall–Kier alpha value is -2.34. The summed E-state index contributed by atoms with van der Waals surface area (Å²) in [5.74, 6) is 0.950. The molecule has 0 radical (unpaired) electrons. The lowest BCUT2D eigenvalue weighted by Gasteiger charge is -2.16. The third kappa shape index (κ3) is 6.10. The van der Waals surface area contributed by atoms with Crippen molar-refractivity contribution in [2.75, 3.05) is 18.5 Å². The van der Waals surface area contributed by atoms with Gasteiger partial charge in [-0.2, -0.15) is 0 Å². The van der Waals surface area contributed by atoms with Crippen molar-refractivity contribution in [1.29, 1.82) is 0 Å². The fourth-order valence-electron chi connectivity index (χ4n) is 3.04. The number of nitrogens with zero attached hydrogens (tertiary/aromatic N) is 1. The van der Waals surface area contributed by atoms with Gasteiger partial charge in [0.05, 0.1) is 6.61 Å². The summed E-state index contributed by atoms with van der Waals surface area (Å²) >= 11 is 3.40. The van der Waals surface area contributed by atoms with Crippen molar-refractivity contribution >= 4 is 33.4 Å². The standard InChI is InChI=1S/C21H23BrN2O3/c22-17-6-2-8-19(14-17)27-12-4-9-20(25)23-18-7-1-5-16(13-18)15-24-11-3-10-21(24)26/h1-2,5-8,13-14H,3-4,9-12,15H2,(H,23,25). The molecule has 2 aromatic rings. The van der Waals surface area contributed by atoms with Gasteiger partial charge in [0.2, 0.25) is 11.8 Å². The molecule has 0 bridgehead atoms. The molecule has 0 spiro atoms. The predicted octanol–water partition coefficient (Wildman–Crippen LogP) is 4.37. The summed E-state index contributed by atoms with van der Waals surface area (Å²) in [6.45, 7) is 1.90. The van der Waals surface area contributed by atoms with E-state index in [0.29, 0.717) is 32.4 Å². The Morgan fingerprint density at radius 2 is 2.04 bits per heavy atom. The fourth-order valence-corrected chi connectivity index (χ4v) is 3.42. The van der Waals surface area contributed by atoms with Crippen LogP contribution in [0.4, 0.5) is 5.69 Å². The van der Waals surface area contributed by atoms with Crippen LogP contribution in [0.2, 0.25) is 0 Å². The molecule has 1 fully saturated rings. The van der Waals surface area contributed by atoms with Gasteiger partial charge in [0.25, 0.3) is 0 Å². The van der Waals surface area contributed by atoms with Crippen LogP contribution in [0.5, 0.6) is 5.75 Å². The number of carbonyl (C=O) groups is 2. The highest BCUT2D eigenvalue weighted by molar-refractivity contribution is 9.10. The van der Waals surface area contributed by atoms with Crippen molar-refractivity contribution in [2.45, 2.75) is 32.2 Å². The van der Waals surface area contributed by atoms with Gasteiger partial charge >= 0.3 is 0 Å². The van der Waals surface area contributed by atoms with Crippen LogP contribution in [0.25, 0.3) is 0 Å². The van der Waals surface area contributed by atoms with E-state index in [1.165, 1.54) is 0 Å². The maximum absolute atomic E-state index is 12.1. The zero-order chi connectivity index (χ0) is 19.1. The van der Waals surface area contributed by atoms with Gasteiger partial charge in [-0.15, -0.1) is 0 Å². The highest BCUT2D eigenvalue weighted by Crippen LogP contribution is 2.19. The molecule has 1 aliphatic rings. The Labute approximate surface area is 167 Å². The minimum absolute atomic E-state index is 0.0396. The summed E-state index contributed by atoms with van der Waals surface area (Å²) in [6.07, 6.45) is 2.60. The Kier molecular flexibility index (Phi) is 6.87. The van der Waals surface area contributed by atoms with Gasteiger partial charge in [0.1, 0.15) is 5.75 Å². The summed E-state index contributed by atoms with van der Waals surface area (Å²) in [6, 6.07) is 15.3. The van der Waals surface area contributed by atoms with Crippen molar-refractivity contribution in [2.24, 2.45) is 0 Å². The van der Waals surface area contributed by atoms with E-state index in [-0.39, 0.29) is 11.8 Å². The number of benzene rings is 2. The topological polar surface area (TPSA) is 58.6 Å². The first-order valence-electron chi connectivity index (χ1n) is 9.15. The van der Waals surface area contributed by atoms with Gasteiger partial charge in [-0.25, -0.2) is 0 Å². The van der Waals surface area contributed by atoms with Crippen molar-refractivity contribution in [3.05, 3.63) is 58.6 Å². The quantitative estimate of drug-likeness (QED) is 0.632. The number of amides is 2. The second-order valence-corrected chi connectivity index (χ2v) is 7.49. The molecule has 6 heteroatoms. The first-order chi connectivity index (χ1) is 13.1. The molecular formula is C21H23BrN2O3. The van der Waals surface area contributed by atoms with E-state index in [4.69, 9.17) is 4.74 Å². The Balaban J connectivity index is 1.42. The van der Waals surface area contributed by atoms with Crippen molar-refractivity contribution in [3.63, 3.8) is 0 Å². The van der Waals surface area contributed by atoms with Gasteiger partial charge < -0.3 is 15.0 Å². The Morgan fingerprint density at radius 3 is 2.81 bits per heavy atom. The number of rotatable bonds is 8. The van der Waals surface area contributed by atoms with Crippen LogP contribution in [0.15, 0.2) is 53.0 Å². The summed E-state index contributed by atoms with van der Waals surface area (Å²) < 4.78 is 6.61. The van der Waals surface area contributed by atoms with Crippen LogP contribution in [0, 0.1) is 0 Å². The van der Waals surface area contributed by atoms with E-state index in [1.807, 2.05) is 53.4 Å². The minimum atomic E-state index is -0.0396. The molecule has 2 aromatic carbocycles. The average molecular weight is 431 g/mol. The van der Waals surface area contributed by atoms with Crippen LogP contribution in [0.1, 0.15) is 31.2 Å². The molecule has 0 atom stereocenters. The number of hydrogen-bond donors (Lipinski definition) is 1. The van der Waals surface area contributed by atoms with Gasteiger partial charge in [-0.3, -0.25) is 9.59 Å². The highest BCUT2D eigenvalue weighted by atomic mass is 79.9. The third-order valence-electron chi connectivity index (χ3n) is 4.37. The first kappa shape index (κ1) is 19.4. The highest BCUT2D eigenvalue weighted by Gasteiger charge is 2.20. The summed E-state index contributed by atoms with van der Waals surface area (Å²) in [7, 11) is 0. The summed E-state index contributed by atoms with van der Waals surface area (Å²) in [5, 5.41) is 2.92. The largest absolute Gasteiger partial charge is 0.494 e. The Morgan fingerprint density at radius 1 is 1.19 bits per heavy atom. The summed E-state index contributed by atoms with van der Waals surface area (Å²) in [5.41, 5.74) is 1.79. The van der Waals surface area contributed by atoms with Crippen molar-refractivity contribution < 1.29 is 14.3 Å². The van der Waals surface area contributed by atoms with Crippen LogP contribution < -0.4 is 10.1 Å². The van der Waals surface area contributed by atoms with E-state index in [2.05, 4.69) is 21.2 Å². The molecule has 1 saturated heterocycles. The molecule has 2 amide bonds. The smallest absolute Gasteiger partial charge is 0.224 e. The number of nitrogens with one attached hydrogen (secondary N) is 1. The molecule has 1 heterocycles. The molecule has 0 unspecified atom stereocenters. The Bertz CT molecular complexity index is 810. The zero-order valence-electron chi connectivity index (χ0n) is 15.1. The van der Waals surface area contributed by atoms with Gasteiger partial charge in [0, 0.05) is 36.1 Å². The first-order valence-corrected chi connectivity index (χ1v) is 9.94. The van der Waals surface area contributed by atoms with Crippen LogP contribution in [-0.2, 0) is 16.1 Å². The normalized spacial score (nSPS) is 13.7. The maximum atomic E-state index is 12.1. The molecule has 0 aromatic heterocycles. The average Bonchev–Trinajstić information content (AvgIpc) is 3.04. The SMILES string of the molecule is O=C(CCCOc1cccc(Br)c1)Nc1cccc(CN2CCCC2=O)c1. The zero-order valence-corrected chi connectivity index (χ0v) is 16.7. The molecule has 3 rings (SSSR count). The molecule has 27 heavy (non-hydrogen) atoms. The monoisotopic (exact) mass is 430 g/mol. The van der Waals surface area contributed by atoms with Crippen LogP contribution in [-0.4, -0.2) is 29.9 Å². The van der Waals surface area contributed by atoms with E-state index >= 15 is 0 Å². The molecule has 1 N–H and O–H groups in total. The van der Waals surface area contributed by atoms with Crippen molar-refractivity contribution in [1.82, 2.24) is 4.90 Å². The fraction of sp³-hybridized carbons (Fsp3) is 0.333. The molecule has 1 aliphatic heterocycles. The molecule has 5 nitrogen and oxygen atoms in total. The van der Waals surface area contributed by atoms with Gasteiger partial charge in [-0.05, 0) is 48.7 Å². The lowest BCUT2D eigenvalue weighted by atomic mass is 10.2. The molecule has 0 aliphatic carbocycles. The van der Waals surface area contributed by atoms with E-state index < -0.39 is 0 Å². The number of ether oxygens (including phenoxy) is 1. The van der Waals surface area contributed by atoms with Crippen molar-refractivity contribution in [3.8, 4) is 5.75 Å². The number of halogens is 1. The molecule has 142 valence electrons. The number of likely N-dealkylation sites (tertiary alicyclic amines) is 1. The predicted molar refractivity (Wildman–Crippen MR) is 109 cm³/mol. The lowest BCUT2D eigenvalue weighted by Crippen LogP contribution is -2.23. The van der Waals surface area contributed by atoms with E-state index in [1.54, 1.807) is 0 Å². The summed E-state index contributed by atoms with van der Waals surface area (Å²) in [4.78, 5) is 25.8. The minimum Gasteiger partial charge on any atom is -0.494 e. The maximum Gasteiger partial charge on any atom is 0.224 e. The molecule has 0 saturated carbocycles. The lowest BCUT2D eigenvalue weighted by molar-refractivity contribution is -0.128. The second-order valence-electron chi connectivity index (χ2n) is 6.58. The second kappa shape index (κ2) is 9.55. The van der Waals surface area contributed by atoms with E-state index in [9.17, 15) is 9.59 Å². The van der Waals surface area contributed by atoms with E-state index in [0.717, 1.165) is 34.4 Å². The van der Waals surface area contributed by atoms with Crippen LogP contribution >= 0.6 is 15.9 Å². The van der Waals surface area contributed by atoms with Gasteiger partial charge in [-0.1, -0.05) is 34.1 Å². The number of hydrogen-bond acceptors (Lipinski definition) is 3. The third-order valence-corrected chi connectivity index (χ3v) is 4.86.